The highest BCUT2D eigenvalue weighted by Gasteiger charge is 2.24. The number of aromatic nitrogens is 1. The topological polar surface area (TPSA) is 43.3 Å². The fourth-order valence-corrected chi connectivity index (χ4v) is 4.54. The van der Waals surface area contributed by atoms with Crippen LogP contribution in [0.3, 0.4) is 0 Å². The van der Waals surface area contributed by atoms with Gasteiger partial charge in [-0.2, -0.15) is 0 Å². The zero-order valence-corrected chi connectivity index (χ0v) is 18.3. The van der Waals surface area contributed by atoms with Gasteiger partial charge >= 0.3 is 0 Å². The van der Waals surface area contributed by atoms with Crippen molar-refractivity contribution in [2.45, 2.75) is 57.6 Å². The van der Waals surface area contributed by atoms with E-state index in [4.69, 9.17) is 4.74 Å². The number of halogens is 1. The molecule has 29 heavy (non-hydrogen) atoms. The van der Waals surface area contributed by atoms with Gasteiger partial charge in [-0.25, -0.2) is 4.39 Å². The third-order valence-corrected chi connectivity index (χ3v) is 6.19. The van der Waals surface area contributed by atoms with Gasteiger partial charge in [0.1, 0.15) is 5.82 Å². The first kappa shape index (κ1) is 22.1. The second-order valence-electron chi connectivity index (χ2n) is 7.98. The summed E-state index contributed by atoms with van der Waals surface area (Å²) in [5.41, 5.74) is 2.97. The lowest BCUT2D eigenvalue weighted by Gasteiger charge is -2.30. The van der Waals surface area contributed by atoms with E-state index in [9.17, 15) is 9.18 Å². The summed E-state index contributed by atoms with van der Waals surface area (Å²) in [6, 6.07) is 8.84. The van der Waals surface area contributed by atoms with Crippen molar-refractivity contribution in [2.24, 2.45) is 0 Å². The summed E-state index contributed by atoms with van der Waals surface area (Å²) >= 11 is 1.55. The Balaban J connectivity index is 1.60. The molecule has 1 aromatic heterocycles. The molecular formula is C23H31FN2O2S. The minimum atomic E-state index is -0.163. The zero-order valence-electron chi connectivity index (χ0n) is 17.5. The van der Waals surface area contributed by atoms with E-state index in [0.717, 1.165) is 42.4 Å². The molecule has 6 heteroatoms. The van der Waals surface area contributed by atoms with E-state index in [0.29, 0.717) is 19.1 Å². The number of nitrogens with one attached hydrogen (secondary N) is 1. The maximum atomic E-state index is 13.5. The largest absolute Gasteiger partial charge is 0.376 e. The van der Waals surface area contributed by atoms with Crippen LogP contribution in [-0.2, 0) is 4.74 Å². The van der Waals surface area contributed by atoms with Crippen molar-refractivity contribution in [3.8, 4) is 0 Å². The first-order valence-corrected chi connectivity index (χ1v) is 11.5. The van der Waals surface area contributed by atoms with Crippen molar-refractivity contribution in [3.63, 3.8) is 0 Å². The molecule has 1 atom stereocenters. The molecule has 1 saturated carbocycles. The van der Waals surface area contributed by atoms with Gasteiger partial charge in [-0.3, -0.25) is 9.52 Å². The minimum absolute atomic E-state index is 0.0434. The van der Waals surface area contributed by atoms with Crippen molar-refractivity contribution < 1.29 is 9.13 Å². The molecule has 2 aromatic rings. The first-order valence-electron chi connectivity index (χ1n) is 10.3. The van der Waals surface area contributed by atoms with E-state index in [1.165, 1.54) is 6.07 Å². The highest BCUT2D eigenvalue weighted by molar-refractivity contribution is 7.96. The van der Waals surface area contributed by atoms with Crippen LogP contribution in [0.15, 0.2) is 41.3 Å². The number of nitrogens with zero attached hydrogens (tertiary/aromatic N) is 1. The average Bonchev–Trinajstić information content (AvgIpc) is 2.71. The van der Waals surface area contributed by atoms with Crippen molar-refractivity contribution in [1.82, 2.24) is 9.29 Å². The van der Waals surface area contributed by atoms with Crippen LogP contribution in [0.5, 0.6) is 0 Å². The van der Waals surface area contributed by atoms with E-state index < -0.39 is 0 Å². The van der Waals surface area contributed by atoms with Crippen LogP contribution in [-0.4, -0.2) is 30.1 Å². The standard InChI is InChI=1S/C23H31FN2O2S/c1-16-11-17(2)23(27)26(14-16)21(13-25-29-3)15-28-22-9-7-18(8-10-22)19-5-4-6-20(24)12-19/h4-6,11-12,14,18,21-22,25H,7-10,13,15H2,1-3H3. The SMILES string of the molecule is CSNCC(COC1CCC(c2cccc(F)c2)CC1)n1cc(C)cc(C)c1=O. The summed E-state index contributed by atoms with van der Waals surface area (Å²) in [5.74, 6) is 0.241. The number of hydrogen-bond acceptors (Lipinski definition) is 4. The minimum Gasteiger partial charge on any atom is -0.376 e. The third kappa shape index (κ3) is 5.93. The summed E-state index contributed by atoms with van der Waals surface area (Å²) in [6.07, 6.45) is 8.04. The number of benzene rings is 1. The second-order valence-corrected chi connectivity index (χ2v) is 8.68. The van der Waals surface area contributed by atoms with Gasteiger partial charge in [0.25, 0.3) is 5.56 Å². The third-order valence-electron chi connectivity index (χ3n) is 5.73. The normalized spacial score (nSPS) is 20.6. The molecule has 0 aliphatic heterocycles. The van der Waals surface area contributed by atoms with Crippen LogP contribution in [0.1, 0.15) is 54.3 Å². The van der Waals surface area contributed by atoms with Crippen LogP contribution in [0.4, 0.5) is 4.39 Å². The summed E-state index contributed by atoms with van der Waals surface area (Å²) < 4.78 is 24.8. The van der Waals surface area contributed by atoms with Gasteiger partial charge in [0.2, 0.25) is 0 Å². The molecule has 3 rings (SSSR count). The molecule has 1 aliphatic rings. The Morgan fingerprint density at radius 2 is 2.00 bits per heavy atom. The summed E-state index contributed by atoms with van der Waals surface area (Å²) in [7, 11) is 0. The van der Waals surface area contributed by atoms with E-state index in [2.05, 4.69) is 4.72 Å². The summed E-state index contributed by atoms with van der Waals surface area (Å²) in [6.45, 7) is 5.05. The van der Waals surface area contributed by atoms with Gasteiger partial charge in [0, 0.05) is 18.3 Å². The lowest BCUT2D eigenvalue weighted by Crippen LogP contribution is -2.35. The number of ether oxygens (including phenoxy) is 1. The smallest absolute Gasteiger partial charge is 0.253 e. The molecule has 1 N–H and O–H groups in total. The monoisotopic (exact) mass is 418 g/mol. The van der Waals surface area contributed by atoms with E-state index in [-0.39, 0.29) is 23.5 Å². The molecular weight excluding hydrogens is 387 g/mol. The molecule has 1 unspecified atom stereocenters. The molecule has 0 saturated heterocycles. The Morgan fingerprint density at radius 1 is 1.24 bits per heavy atom. The molecule has 0 bridgehead atoms. The van der Waals surface area contributed by atoms with Gasteiger partial charge in [-0.1, -0.05) is 24.1 Å². The van der Waals surface area contributed by atoms with E-state index in [1.807, 2.05) is 43.0 Å². The average molecular weight is 419 g/mol. The fourth-order valence-electron chi connectivity index (χ4n) is 4.18. The highest BCUT2D eigenvalue weighted by atomic mass is 32.2. The first-order chi connectivity index (χ1) is 14.0. The van der Waals surface area contributed by atoms with E-state index in [1.54, 1.807) is 24.1 Å². The molecule has 0 radical (unpaired) electrons. The predicted molar refractivity (Wildman–Crippen MR) is 118 cm³/mol. The molecule has 1 heterocycles. The molecule has 1 fully saturated rings. The van der Waals surface area contributed by atoms with Crippen LogP contribution in [0.25, 0.3) is 0 Å². The van der Waals surface area contributed by atoms with Gasteiger partial charge in [0.15, 0.2) is 0 Å². The van der Waals surface area contributed by atoms with Crippen LogP contribution in [0, 0.1) is 19.7 Å². The van der Waals surface area contributed by atoms with Gasteiger partial charge in [-0.05, 0) is 81.0 Å². The van der Waals surface area contributed by atoms with Crippen molar-refractivity contribution in [3.05, 3.63) is 69.4 Å². The van der Waals surface area contributed by atoms with Crippen LogP contribution < -0.4 is 10.3 Å². The predicted octanol–water partition coefficient (Wildman–Crippen LogP) is 4.76. The molecule has 1 aliphatic carbocycles. The van der Waals surface area contributed by atoms with Crippen molar-refractivity contribution in [1.29, 1.82) is 0 Å². The molecule has 0 spiro atoms. The quantitative estimate of drug-likeness (QED) is 0.628. The lowest BCUT2D eigenvalue weighted by atomic mass is 9.83. The Hall–Kier alpha value is -1.63. The second kappa shape index (κ2) is 10.4. The summed E-state index contributed by atoms with van der Waals surface area (Å²) in [4.78, 5) is 12.6. The molecule has 158 valence electrons. The molecule has 0 amide bonds. The number of pyridine rings is 1. The van der Waals surface area contributed by atoms with Crippen LogP contribution >= 0.6 is 11.9 Å². The van der Waals surface area contributed by atoms with Gasteiger partial charge < -0.3 is 9.30 Å². The van der Waals surface area contributed by atoms with Gasteiger partial charge in [0.05, 0.1) is 18.8 Å². The van der Waals surface area contributed by atoms with Crippen LogP contribution in [0.2, 0.25) is 0 Å². The zero-order chi connectivity index (χ0) is 20.8. The summed E-state index contributed by atoms with van der Waals surface area (Å²) in [5, 5.41) is 0. The Morgan fingerprint density at radius 3 is 2.69 bits per heavy atom. The highest BCUT2D eigenvalue weighted by Crippen LogP contribution is 2.34. The lowest BCUT2D eigenvalue weighted by molar-refractivity contribution is 0.00738. The number of hydrogen-bond donors (Lipinski definition) is 1. The molecule has 1 aromatic carbocycles. The molecule has 4 nitrogen and oxygen atoms in total. The number of rotatable bonds is 8. The Labute approximate surface area is 177 Å². The number of aryl methyl sites for hydroxylation is 2. The Bertz CT molecular complexity index is 862. The van der Waals surface area contributed by atoms with Crippen molar-refractivity contribution >= 4 is 11.9 Å². The van der Waals surface area contributed by atoms with E-state index >= 15 is 0 Å². The maximum absolute atomic E-state index is 13.5. The van der Waals surface area contributed by atoms with Crippen molar-refractivity contribution in [2.75, 3.05) is 19.4 Å². The Kier molecular flexibility index (Phi) is 7.92. The fraction of sp³-hybridized carbons (Fsp3) is 0.522. The maximum Gasteiger partial charge on any atom is 0.253 e. The van der Waals surface area contributed by atoms with Gasteiger partial charge in [-0.15, -0.1) is 0 Å².